The molecule has 1 aromatic rings. The average Bonchev–Trinajstić information content (AvgIpc) is 2.60. The van der Waals surface area contributed by atoms with Gasteiger partial charge in [-0.25, -0.2) is 0 Å². The van der Waals surface area contributed by atoms with Gasteiger partial charge in [0.25, 0.3) is 0 Å². The molecular formula is C16H26N2O. The fourth-order valence-electron chi connectivity index (χ4n) is 3.19. The molecule has 0 bridgehead atoms. The van der Waals surface area contributed by atoms with Gasteiger partial charge in [0.1, 0.15) is 0 Å². The van der Waals surface area contributed by atoms with Crippen molar-refractivity contribution in [2.24, 2.45) is 0 Å². The van der Waals surface area contributed by atoms with Gasteiger partial charge in [-0.3, -0.25) is 9.69 Å². The summed E-state index contributed by atoms with van der Waals surface area (Å²) in [4.78, 5) is 18.1. The van der Waals surface area contributed by atoms with Crippen LogP contribution in [0, 0.1) is 13.8 Å². The van der Waals surface area contributed by atoms with Crippen LogP contribution in [0.2, 0.25) is 0 Å². The number of nitrogens with zero attached hydrogens (tertiary/aromatic N) is 1. The lowest BCUT2D eigenvalue weighted by Crippen LogP contribution is -2.38. The number of H-pyrrole nitrogens is 1. The van der Waals surface area contributed by atoms with E-state index in [1.807, 2.05) is 19.9 Å². The number of nitrogens with one attached hydrogen (secondary N) is 1. The predicted octanol–water partition coefficient (Wildman–Crippen LogP) is 3.47. The summed E-state index contributed by atoms with van der Waals surface area (Å²) in [5.74, 6) is 0.266. The minimum Gasteiger partial charge on any atom is -0.362 e. The lowest BCUT2D eigenvalue weighted by molar-refractivity contribution is 0.0890. The van der Waals surface area contributed by atoms with E-state index < -0.39 is 0 Å². The molecule has 0 radical (unpaired) electrons. The number of aryl methyl sites for hydroxylation is 2. The zero-order chi connectivity index (χ0) is 13.8. The van der Waals surface area contributed by atoms with Crippen LogP contribution < -0.4 is 0 Å². The van der Waals surface area contributed by atoms with Crippen molar-refractivity contribution in [3.05, 3.63) is 23.0 Å². The Labute approximate surface area is 116 Å². The summed E-state index contributed by atoms with van der Waals surface area (Å²) in [6, 6.07) is 2.57. The molecule has 2 heterocycles. The monoisotopic (exact) mass is 262 g/mol. The van der Waals surface area contributed by atoms with Gasteiger partial charge in [0, 0.05) is 23.0 Å². The molecule has 1 saturated heterocycles. The van der Waals surface area contributed by atoms with Crippen LogP contribution in [0.3, 0.4) is 0 Å². The molecule has 1 N–H and O–H groups in total. The van der Waals surface area contributed by atoms with Crippen molar-refractivity contribution in [2.75, 3.05) is 13.1 Å². The molecule has 19 heavy (non-hydrogen) atoms. The van der Waals surface area contributed by atoms with Crippen LogP contribution in [0.4, 0.5) is 0 Å². The Hall–Kier alpha value is -1.09. The maximum atomic E-state index is 12.5. The molecule has 0 amide bonds. The van der Waals surface area contributed by atoms with Gasteiger partial charge >= 0.3 is 0 Å². The van der Waals surface area contributed by atoms with Gasteiger partial charge in [0.05, 0.1) is 6.54 Å². The van der Waals surface area contributed by atoms with Gasteiger partial charge in [-0.1, -0.05) is 19.8 Å². The van der Waals surface area contributed by atoms with Crippen LogP contribution in [-0.4, -0.2) is 34.8 Å². The van der Waals surface area contributed by atoms with Crippen LogP contribution in [0.25, 0.3) is 0 Å². The zero-order valence-electron chi connectivity index (χ0n) is 12.5. The predicted molar refractivity (Wildman–Crippen MR) is 78.7 cm³/mol. The van der Waals surface area contributed by atoms with Crippen molar-refractivity contribution in [1.82, 2.24) is 9.88 Å². The van der Waals surface area contributed by atoms with Crippen molar-refractivity contribution >= 4 is 5.78 Å². The van der Waals surface area contributed by atoms with Gasteiger partial charge in [-0.2, -0.15) is 0 Å². The molecule has 2 rings (SSSR count). The highest BCUT2D eigenvalue weighted by Gasteiger charge is 2.23. The summed E-state index contributed by atoms with van der Waals surface area (Å²) in [6.45, 7) is 7.88. The van der Waals surface area contributed by atoms with E-state index >= 15 is 0 Å². The number of ketones is 1. The van der Waals surface area contributed by atoms with Crippen LogP contribution in [-0.2, 0) is 0 Å². The average molecular weight is 262 g/mol. The number of likely N-dealkylation sites (tertiary alicyclic amines) is 1. The highest BCUT2D eigenvalue weighted by molar-refractivity contribution is 5.98. The largest absolute Gasteiger partial charge is 0.362 e. The molecule has 0 aliphatic carbocycles. The molecule has 1 aromatic heterocycles. The Morgan fingerprint density at radius 3 is 2.79 bits per heavy atom. The molecule has 3 nitrogen and oxygen atoms in total. The molecule has 1 atom stereocenters. The van der Waals surface area contributed by atoms with E-state index in [-0.39, 0.29) is 5.78 Å². The second-order valence-corrected chi connectivity index (χ2v) is 5.80. The Bertz CT molecular complexity index is 436. The van der Waals surface area contributed by atoms with Crippen molar-refractivity contribution in [3.63, 3.8) is 0 Å². The molecule has 1 unspecified atom stereocenters. The Balaban J connectivity index is 2.06. The van der Waals surface area contributed by atoms with Gasteiger partial charge in [0.15, 0.2) is 5.78 Å². The van der Waals surface area contributed by atoms with Crippen LogP contribution in [0.15, 0.2) is 6.07 Å². The third-order valence-electron chi connectivity index (χ3n) is 4.27. The summed E-state index contributed by atoms with van der Waals surface area (Å²) in [7, 11) is 0. The first-order valence-electron chi connectivity index (χ1n) is 7.55. The minimum atomic E-state index is 0.266. The fraction of sp³-hybridized carbons (Fsp3) is 0.688. The molecule has 0 spiro atoms. The van der Waals surface area contributed by atoms with E-state index in [2.05, 4.69) is 16.8 Å². The maximum Gasteiger partial charge on any atom is 0.178 e. The van der Waals surface area contributed by atoms with Crippen LogP contribution in [0.5, 0.6) is 0 Å². The minimum absolute atomic E-state index is 0.266. The zero-order valence-corrected chi connectivity index (χ0v) is 12.5. The topological polar surface area (TPSA) is 36.1 Å². The number of hydrogen-bond acceptors (Lipinski definition) is 2. The van der Waals surface area contributed by atoms with E-state index in [1.54, 1.807) is 0 Å². The van der Waals surface area contributed by atoms with Gasteiger partial charge in [-0.15, -0.1) is 0 Å². The fourth-order valence-corrected chi connectivity index (χ4v) is 3.19. The first-order valence-corrected chi connectivity index (χ1v) is 7.55. The molecule has 106 valence electrons. The summed E-state index contributed by atoms with van der Waals surface area (Å²) in [5, 5.41) is 0. The highest BCUT2D eigenvalue weighted by atomic mass is 16.1. The normalized spacial score (nSPS) is 21.3. The van der Waals surface area contributed by atoms with Crippen molar-refractivity contribution in [1.29, 1.82) is 0 Å². The highest BCUT2D eigenvalue weighted by Crippen LogP contribution is 2.20. The molecule has 1 aliphatic heterocycles. The van der Waals surface area contributed by atoms with Crippen molar-refractivity contribution < 1.29 is 4.79 Å². The number of carbonyl (C=O) groups excluding carboxylic acids is 1. The number of aromatic amines is 1. The van der Waals surface area contributed by atoms with Gasteiger partial charge in [-0.05, 0) is 45.7 Å². The quantitative estimate of drug-likeness (QED) is 0.843. The molecule has 3 heteroatoms. The van der Waals surface area contributed by atoms with E-state index in [0.29, 0.717) is 12.6 Å². The Kier molecular flexibility index (Phi) is 4.81. The molecule has 1 fully saturated rings. The number of aromatic nitrogens is 1. The van der Waals surface area contributed by atoms with E-state index in [4.69, 9.17) is 0 Å². The Morgan fingerprint density at radius 1 is 1.37 bits per heavy atom. The third-order valence-corrected chi connectivity index (χ3v) is 4.27. The number of carbonyl (C=O) groups is 1. The second-order valence-electron chi connectivity index (χ2n) is 5.80. The van der Waals surface area contributed by atoms with E-state index in [9.17, 15) is 4.79 Å². The smallest absolute Gasteiger partial charge is 0.178 e. The van der Waals surface area contributed by atoms with Gasteiger partial charge in [0.2, 0.25) is 0 Å². The van der Waals surface area contributed by atoms with Crippen LogP contribution >= 0.6 is 0 Å². The van der Waals surface area contributed by atoms with Crippen LogP contribution in [0.1, 0.15) is 60.8 Å². The molecule has 0 saturated carbocycles. The number of rotatable bonds is 4. The lowest BCUT2D eigenvalue weighted by atomic mass is 10.1. The first-order chi connectivity index (χ1) is 9.11. The summed E-state index contributed by atoms with van der Waals surface area (Å²) in [6.07, 6.45) is 6.25. The van der Waals surface area contributed by atoms with E-state index in [0.717, 1.165) is 29.9 Å². The third kappa shape index (κ3) is 3.47. The summed E-state index contributed by atoms with van der Waals surface area (Å²) in [5.41, 5.74) is 2.95. The SMILES string of the molecule is CCC1CCCCCN1CC(=O)c1cc(C)[nH]c1C. The van der Waals surface area contributed by atoms with Crippen molar-refractivity contribution in [3.8, 4) is 0 Å². The standard InChI is InChI=1S/C16H26N2O/c1-4-14-8-6-5-7-9-18(14)11-16(19)15-10-12(2)17-13(15)3/h10,14,17H,4-9,11H2,1-3H3. The molecular weight excluding hydrogens is 236 g/mol. The summed E-state index contributed by atoms with van der Waals surface area (Å²) < 4.78 is 0. The number of Topliss-reactive ketones (excluding diaryl/α,β-unsaturated/α-hetero) is 1. The van der Waals surface area contributed by atoms with Crippen molar-refractivity contribution in [2.45, 2.75) is 58.9 Å². The molecule has 0 aromatic carbocycles. The lowest BCUT2D eigenvalue weighted by Gasteiger charge is -2.28. The summed E-state index contributed by atoms with van der Waals surface area (Å²) >= 11 is 0. The second kappa shape index (κ2) is 6.38. The first kappa shape index (κ1) is 14.3. The maximum absolute atomic E-state index is 12.5. The molecule has 1 aliphatic rings. The Morgan fingerprint density at radius 2 is 2.16 bits per heavy atom. The van der Waals surface area contributed by atoms with E-state index in [1.165, 1.54) is 25.7 Å². The van der Waals surface area contributed by atoms with Gasteiger partial charge < -0.3 is 4.98 Å². The number of hydrogen-bond donors (Lipinski definition) is 1.